The zero-order valence-corrected chi connectivity index (χ0v) is 17.9. The molecule has 4 rings (SSSR count). The van der Waals surface area contributed by atoms with Crippen LogP contribution in [0.2, 0.25) is 5.02 Å². The number of nitrogens with one attached hydrogen (secondary N) is 1. The van der Waals surface area contributed by atoms with Gasteiger partial charge in [-0.1, -0.05) is 35.0 Å². The summed E-state index contributed by atoms with van der Waals surface area (Å²) >= 11 is 6.32. The number of hydrogen-bond donors (Lipinski definition) is 1. The first-order chi connectivity index (χ1) is 14.6. The van der Waals surface area contributed by atoms with Crippen LogP contribution in [0.15, 0.2) is 47.1 Å². The number of carbonyl (C=O) groups excluding carboxylic acids is 1. The number of aryl methyl sites for hydroxylation is 2. The van der Waals surface area contributed by atoms with Crippen LogP contribution < -0.4 is 5.32 Å². The number of halogens is 1. The highest BCUT2D eigenvalue weighted by molar-refractivity contribution is 6.33. The molecule has 1 fully saturated rings. The van der Waals surface area contributed by atoms with Crippen LogP contribution in [-0.4, -0.2) is 53.4 Å². The number of benzene rings is 1. The van der Waals surface area contributed by atoms with Crippen molar-refractivity contribution in [3.63, 3.8) is 0 Å². The van der Waals surface area contributed by atoms with Crippen LogP contribution >= 0.6 is 11.6 Å². The van der Waals surface area contributed by atoms with Crippen molar-refractivity contribution in [1.29, 1.82) is 0 Å². The molecule has 2 aromatic heterocycles. The quantitative estimate of drug-likeness (QED) is 0.651. The van der Waals surface area contributed by atoms with Crippen molar-refractivity contribution >= 4 is 17.5 Å². The van der Waals surface area contributed by atoms with Crippen molar-refractivity contribution < 1.29 is 14.1 Å². The van der Waals surface area contributed by atoms with E-state index in [1.165, 1.54) is 0 Å². The smallest absolute Gasteiger partial charge is 0.257 e. The van der Waals surface area contributed by atoms with E-state index in [2.05, 4.69) is 26.0 Å². The maximum Gasteiger partial charge on any atom is 0.257 e. The van der Waals surface area contributed by atoms with Gasteiger partial charge in [-0.15, -0.1) is 0 Å². The Labute approximate surface area is 180 Å². The Kier molecular flexibility index (Phi) is 6.22. The third-order valence-corrected chi connectivity index (χ3v) is 5.82. The molecular formula is C22H25ClN4O3. The number of carbonyl (C=O) groups is 1. The van der Waals surface area contributed by atoms with Gasteiger partial charge in [-0.2, -0.15) is 0 Å². The molecule has 1 atom stereocenters. The number of rotatable bonds is 6. The van der Waals surface area contributed by atoms with E-state index < -0.39 is 0 Å². The molecule has 0 aliphatic carbocycles. The molecule has 1 saturated heterocycles. The Morgan fingerprint density at radius 3 is 2.70 bits per heavy atom. The van der Waals surface area contributed by atoms with Gasteiger partial charge in [-0.05, 0) is 25.1 Å². The molecule has 1 amide bonds. The first kappa shape index (κ1) is 20.7. The predicted molar refractivity (Wildman–Crippen MR) is 115 cm³/mol. The molecule has 1 aliphatic heterocycles. The summed E-state index contributed by atoms with van der Waals surface area (Å²) in [5.41, 5.74) is 2.69. The molecule has 0 unspecified atom stereocenters. The topological polar surface area (TPSA) is 72.5 Å². The van der Waals surface area contributed by atoms with Gasteiger partial charge in [-0.3, -0.25) is 9.69 Å². The van der Waals surface area contributed by atoms with Crippen molar-refractivity contribution in [3.05, 3.63) is 64.6 Å². The van der Waals surface area contributed by atoms with Crippen LogP contribution in [0.4, 0.5) is 0 Å². The number of nitrogens with zero attached hydrogens (tertiary/aromatic N) is 3. The maximum atomic E-state index is 13.2. The van der Waals surface area contributed by atoms with Crippen LogP contribution in [0.3, 0.4) is 0 Å². The Balaban J connectivity index is 1.57. The lowest BCUT2D eigenvalue weighted by Gasteiger charge is -2.35. The molecule has 7 nitrogen and oxygen atoms in total. The number of aromatic nitrogens is 2. The fourth-order valence-electron chi connectivity index (χ4n) is 3.88. The Hall–Kier alpha value is -2.61. The van der Waals surface area contributed by atoms with Gasteiger partial charge >= 0.3 is 0 Å². The summed E-state index contributed by atoms with van der Waals surface area (Å²) in [6.45, 7) is 5.22. The van der Waals surface area contributed by atoms with Crippen molar-refractivity contribution in [3.8, 4) is 11.3 Å². The second-order valence-corrected chi connectivity index (χ2v) is 7.77. The second kappa shape index (κ2) is 9.04. The maximum absolute atomic E-state index is 13.2. The van der Waals surface area contributed by atoms with E-state index in [0.717, 1.165) is 18.8 Å². The van der Waals surface area contributed by atoms with Crippen molar-refractivity contribution in [2.45, 2.75) is 13.0 Å². The normalized spacial score (nSPS) is 15.8. The minimum atomic E-state index is -0.226. The molecule has 1 N–H and O–H groups in total. The molecule has 3 aromatic rings. The third-order valence-electron chi connectivity index (χ3n) is 5.49. The van der Waals surface area contributed by atoms with Gasteiger partial charge in [0.1, 0.15) is 17.0 Å². The summed E-state index contributed by atoms with van der Waals surface area (Å²) in [5.74, 6) is 0.236. The summed E-state index contributed by atoms with van der Waals surface area (Å²) < 4.78 is 12.9. The van der Waals surface area contributed by atoms with Gasteiger partial charge in [0.15, 0.2) is 0 Å². The van der Waals surface area contributed by atoms with Gasteiger partial charge in [0, 0.05) is 44.1 Å². The van der Waals surface area contributed by atoms with Gasteiger partial charge in [0.05, 0.1) is 24.3 Å². The van der Waals surface area contributed by atoms with Crippen LogP contribution in [0.5, 0.6) is 0 Å². The zero-order chi connectivity index (χ0) is 21.1. The van der Waals surface area contributed by atoms with E-state index in [1.807, 2.05) is 37.5 Å². The van der Waals surface area contributed by atoms with E-state index in [0.29, 0.717) is 47.4 Å². The molecule has 0 radical (unpaired) electrons. The number of amides is 1. The monoisotopic (exact) mass is 428 g/mol. The molecule has 0 spiro atoms. The molecule has 0 saturated carbocycles. The summed E-state index contributed by atoms with van der Waals surface area (Å²) in [4.78, 5) is 15.5. The van der Waals surface area contributed by atoms with Crippen molar-refractivity contribution in [1.82, 2.24) is 19.9 Å². The summed E-state index contributed by atoms with van der Waals surface area (Å²) in [6, 6.07) is 11.4. The summed E-state index contributed by atoms with van der Waals surface area (Å²) in [5, 5.41) is 7.71. The summed E-state index contributed by atoms with van der Waals surface area (Å²) in [6.07, 6.45) is 2.02. The SMILES string of the molecule is Cc1onc(-c2ccccc2Cl)c1C(=O)NC[C@@H](c1cccn1C)N1CCOCC1. The van der Waals surface area contributed by atoms with Crippen LogP contribution in [0.25, 0.3) is 11.3 Å². The molecular weight excluding hydrogens is 404 g/mol. The molecule has 8 heteroatoms. The second-order valence-electron chi connectivity index (χ2n) is 7.36. The lowest BCUT2D eigenvalue weighted by molar-refractivity contribution is 0.0148. The minimum Gasteiger partial charge on any atom is -0.379 e. The number of ether oxygens (including phenoxy) is 1. The average molecular weight is 429 g/mol. The van der Waals surface area contributed by atoms with Crippen molar-refractivity contribution in [2.75, 3.05) is 32.8 Å². The fourth-order valence-corrected chi connectivity index (χ4v) is 4.11. The Morgan fingerprint density at radius 1 is 1.23 bits per heavy atom. The fraction of sp³-hybridized carbons (Fsp3) is 0.364. The van der Waals surface area contributed by atoms with E-state index in [1.54, 1.807) is 13.0 Å². The first-order valence-electron chi connectivity index (χ1n) is 9.98. The number of morpholine rings is 1. The third kappa shape index (κ3) is 4.14. The highest BCUT2D eigenvalue weighted by Gasteiger charge is 2.27. The van der Waals surface area contributed by atoms with Crippen LogP contribution in [0, 0.1) is 6.92 Å². The lowest BCUT2D eigenvalue weighted by Crippen LogP contribution is -2.44. The summed E-state index contributed by atoms with van der Waals surface area (Å²) in [7, 11) is 2.02. The molecule has 158 valence electrons. The predicted octanol–water partition coefficient (Wildman–Crippen LogP) is 3.45. The van der Waals surface area contributed by atoms with Gasteiger partial charge in [0.2, 0.25) is 0 Å². The average Bonchev–Trinajstić information content (AvgIpc) is 3.35. The standard InChI is InChI=1S/C22H25ClN4O3/c1-15-20(21(25-30-15)16-6-3-4-7-17(16)23)22(28)24-14-19(18-8-5-9-26(18)2)27-10-12-29-13-11-27/h3-9,19H,10-14H2,1-2H3,(H,24,28)/t19-/m0/s1. The molecule has 0 bridgehead atoms. The van der Waals surface area contributed by atoms with E-state index in [4.69, 9.17) is 20.9 Å². The highest BCUT2D eigenvalue weighted by Crippen LogP contribution is 2.31. The van der Waals surface area contributed by atoms with E-state index >= 15 is 0 Å². The Bertz CT molecular complexity index is 1020. The zero-order valence-electron chi connectivity index (χ0n) is 17.1. The van der Waals surface area contributed by atoms with E-state index in [-0.39, 0.29) is 11.9 Å². The van der Waals surface area contributed by atoms with Gasteiger partial charge in [0.25, 0.3) is 5.91 Å². The number of hydrogen-bond acceptors (Lipinski definition) is 5. The lowest BCUT2D eigenvalue weighted by atomic mass is 10.1. The van der Waals surface area contributed by atoms with E-state index in [9.17, 15) is 4.79 Å². The van der Waals surface area contributed by atoms with Crippen LogP contribution in [0.1, 0.15) is 27.9 Å². The molecule has 3 heterocycles. The largest absolute Gasteiger partial charge is 0.379 e. The molecule has 1 aliphatic rings. The Morgan fingerprint density at radius 2 is 2.00 bits per heavy atom. The minimum absolute atomic E-state index is 0.0433. The molecule has 1 aromatic carbocycles. The molecule has 30 heavy (non-hydrogen) atoms. The first-order valence-corrected chi connectivity index (χ1v) is 10.4. The van der Waals surface area contributed by atoms with Gasteiger partial charge in [-0.25, -0.2) is 0 Å². The van der Waals surface area contributed by atoms with Crippen molar-refractivity contribution in [2.24, 2.45) is 7.05 Å². The highest BCUT2D eigenvalue weighted by atomic mass is 35.5. The van der Waals surface area contributed by atoms with Gasteiger partial charge < -0.3 is 19.1 Å². The van der Waals surface area contributed by atoms with Crippen LogP contribution in [-0.2, 0) is 11.8 Å².